The molecule has 0 atom stereocenters. The lowest BCUT2D eigenvalue weighted by molar-refractivity contribution is 1.10. The van der Waals surface area contributed by atoms with Crippen molar-refractivity contribution < 1.29 is 0 Å². The van der Waals surface area contributed by atoms with E-state index in [2.05, 4.69) is 168 Å². The van der Waals surface area contributed by atoms with E-state index in [9.17, 15) is 0 Å². The van der Waals surface area contributed by atoms with E-state index in [0.717, 1.165) is 66.8 Å². The standard InChI is InChI=1S/C44H29N3/c1-4-13-31(14-5-1)36-19-12-20-38-42(36)37-28-25-34(29-40(37)45-43(38)32-15-6-2-7-16-32)30-23-26-35(27-24-30)47-41-22-11-10-21-39(41)46-44(47)33-17-8-3-9-18-33/h1-29H. The topological polar surface area (TPSA) is 30.7 Å². The van der Waals surface area contributed by atoms with Crippen LogP contribution in [-0.2, 0) is 0 Å². The molecule has 9 aromatic rings. The molecule has 0 aliphatic rings. The summed E-state index contributed by atoms with van der Waals surface area (Å²) in [5.41, 5.74) is 12.0. The van der Waals surface area contributed by atoms with Gasteiger partial charge in [0.2, 0.25) is 0 Å². The second-order valence-corrected chi connectivity index (χ2v) is 11.8. The number of pyridine rings is 1. The van der Waals surface area contributed by atoms with Gasteiger partial charge in [0.1, 0.15) is 5.82 Å². The molecule has 7 aromatic carbocycles. The summed E-state index contributed by atoms with van der Waals surface area (Å²) in [6, 6.07) is 61.9. The second-order valence-electron chi connectivity index (χ2n) is 11.8. The maximum Gasteiger partial charge on any atom is 0.145 e. The van der Waals surface area contributed by atoms with Crippen molar-refractivity contribution >= 4 is 32.7 Å². The number of rotatable bonds is 5. The average molecular weight is 600 g/mol. The van der Waals surface area contributed by atoms with E-state index in [0.29, 0.717) is 0 Å². The SMILES string of the molecule is c1ccc(-c2nc3cc(-c4ccc(-n5c(-c6ccccc6)nc6ccccc65)cc4)ccc3c3c(-c4ccccc4)cccc23)cc1. The van der Waals surface area contributed by atoms with Gasteiger partial charge in [-0.3, -0.25) is 4.57 Å². The lowest BCUT2D eigenvalue weighted by Crippen LogP contribution is -1.97. The Labute approximate surface area is 273 Å². The Morgan fingerprint density at radius 3 is 1.77 bits per heavy atom. The third-order valence-corrected chi connectivity index (χ3v) is 9.00. The Balaban J connectivity index is 1.20. The van der Waals surface area contributed by atoms with Crippen molar-refractivity contribution in [2.24, 2.45) is 0 Å². The van der Waals surface area contributed by atoms with E-state index in [1.807, 2.05) is 12.1 Å². The molecule has 9 rings (SSSR count). The summed E-state index contributed by atoms with van der Waals surface area (Å²) >= 11 is 0. The molecule has 0 amide bonds. The van der Waals surface area contributed by atoms with Crippen molar-refractivity contribution in [3.8, 4) is 50.6 Å². The van der Waals surface area contributed by atoms with Gasteiger partial charge in [0, 0.05) is 33.0 Å². The van der Waals surface area contributed by atoms with Crippen molar-refractivity contribution in [3.63, 3.8) is 0 Å². The van der Waals surface area contributed by atoms with Gasteiger partial charge in [-0.15, -0.1) is 0 Å². The van der Waals surface area contributed by atoms with Crippen LogP contribution in [0.3, 0.4) is 0 Å². The molecule has 3 heteroatoms. The van der Waals surface area contributed by atoms with E-state index in [-0.39, 0.29) is 0 Å². The minimum atomic E-state index is 0.934. The summed E-state index contributed by atoms with van der Waals surface area (Å²) in [4.78, 5) is 10.3. The Bertz CT molecular complexity index is 2530. The molecular weight excluding hydrogens is 571 g/mol. The minimum absolute atomic E-state index is 0.934. The molecule has 47 heavy (non-hydrogen) atoms. The lowest BCUT2D eigenvalue weighted by Gasteiger charge is -2.15. The summed E-state index contributed by atoms with van der Waals surface area (Å²) < 4.78 is 2.25. The molecule has 220 valence electrons. The van der Waals surface area contributed by atoms with Crippen LogP contribution in [0, 0.1) is 0 Å². The Hall–Kier alpha value is -6.32. The molecule has 0 saturated heterocycles. The van der Waals surface area contributed by atoms with Crippen LogP contribution in [0.1, 0.15) is 0 Å². The Kier molecular flexibility index (Phi) is 6.46. The summed E-state index contributed by atoms with van der Waals surface area (Å²) in [6.45, 7) is 0. The summed E-state index contributed by atoms with van der Waals surface area (Å²) in [7, 11) is 0. The van der Waals surface area contributed by atoms with E-state index < -0.39 is 0 Å². The van der Waals surface area contributed by atoms with Gasteiger partial charge in [-0.2, -0.15) is 0 Å². The van der Waals surface area contributed by atoms with E-state index in [1.165, 1.54) is 16.5 Å². The van der Waals surface area contributed by atoms with Gasteiger partial charge in [-0.25, -0.2) is 9.97 Å². The molecular formula is C44H29N3. The average Bonchev–Trinajstić information content (AvgIpc) is 3.55. The van der Waals surface area contributed by atoms with E-state index in [4.69, 9.17) is 9.97 Å². The van der Waals surface area contributed by atoms with Crippen molar-refractivity contribution in [1.29, 1.82) is 0 Å². The largest absolute Gasteiger partial charge is 0.292 e. The second kappa shape index (κ2) is 11.2. The van der Waals surface area contributed by atoms with Crippen LogP contribution in [0.15, 0.2) is 176 Å². The van der Waals surface area contributed by atoms with Gasteiger partial charge < -0.3 is 0 Å². The van der Waals surface area contributed by atoms with Gasteiger partial charge in [0.25, 0.3) is 0 Å². The maximum absolute atomic E-state index is 5.32. The third-order valence-electron chi connectivity index (χ3n) is 9.00. The number of aromatic nitrogens is 3. The van der Waals surface area contributed by atoms with Crippen LogP contribution in [0.2, 0.25) is 0 Å². The van der Waals surface area contributed by atoms with Crippen LogP contribution in [0.5, 0.6) is 0 Å². The lowest BCUT2D eigenvalue weighted by atomic mass is 9.92. The molecule has 0 spiro atoms. The number of hydrogen-bond acceptors (Lipinski definition) is 2. The fourth-order valence-electron chi connectivity index (χ4n) is 6.78. The van der Waals surface area contributed by atoms with Crippen molar-refractivity contribution in [2.45, 2.75) is 0 Å². The van der Waals surface area contributed by atoms with Crippen LogP contribution >= 0.6 is 0 Å². The number of hydrogen-bond donors (Lipinski definition) is 0. The van der Waals surface area contributed by atoms with E-state index >= 15 is 0 Å². The fraction of sp³-hybridized carbons (Fsp3) is 0. The van der Waals surface area contributed by atoms with Crippen LogP contribution in [0.4, 0.5) is 0 Å². The van der Waals surface area contributed by atoms with Gasteiger partial charge in [0.05, 0.1) is 22.2 Å². The first-order valence-electron chi connectivity index (χ1n) is 15.9. The van der Waals surface area contributed by atoms with Crippen LogP contribution < -0.4 is 0 Å². The summed E-state index contributed by atoms with van der Waals surface area (Å²) in [6.07, 6.45) is 0. The molecule has 0 aliphatic carbocycles. The quantitative estimate of drug-likeness (QED) is 0.184. The number of para-hydroxylation sites is 2. The van der Waals surface area contributed by atoms with Gasteiger partial charge in [-0.05, 0) is 52.6 Å². The zero-order valence-corrected chi connectivity index (χ0v) is 25.6. The van der Waals surface area contributed by atoms with Crippen LogP contribution in [0.25, 0.3) is 83.3 Å². The molecule has 2 aromatic heterocycles. The Morgan fingerprint density at radius 2 is 1.02 bits per heavy atom. The molecule has 0 fully saturated rings. The molecule has 2 heterocycles. The van der Waals surface area contributed by atoms with Gasteiger partial charge in [0.15, 0.2) is 0 Å². The van der Waals surface area contributed by atoms with Crippen molar-refractivity contribution in [3.05, 3.63) is 176 Å². The molecule has 0 unspecified atom stereocenters. The normalized spacial score (nSPS) is 11.4. The van der Waals surface area contributed by atoms with Crippen LogP contribution in [-0.4, -0.2) is 14.5 Å². The summed E-state index contributed by atoms with van der Waals surface area (Å²) in [5.74, 6) is 0.934. The predicted octanol–water partition coefficient (Wildman–Crippen LogP) is 11.4. The molecule has 0 aliphatic heterocycles. The summed E-state index contributed by atoms with van der Waals surface area (Å²) in [5, 5.41) is 3.53. The molecule has 0 saturated carbocycles. The maximum atomic E-state index is 5.32. The van der Waals surface area contributed by atoms with Gasteiger partial charge in [-0.1, -0.05) is 146 Å². The monoisotopic (exact) mass is 599 g/mol. The first-order chi connectivity index (χ1) is 23.3. The smallest absolute Gasteiger partial charge is 0.145 e. The first-order valence-corrected chi connectivity index (χ1v) is 15.9. The Morgan fingerprint density at radius 1 is 0.383 bits per heavy atom. The number of nitrogens with zero attached hydrogens (tertiary/aromatic N) is 3. The highest BCUT2D eigenvalue weighted by Gasteiger charge is 2.17. The molecule has 0 radical (unpaired) electrons. The van der Waals surface area contributed by atoms with Crippen molar-refractivity contribution in [1.82, 2.24) is 14.5 Å². The van der Waals surface area contributed by atoms with E-state index in [1.54, 1.807) is 0 Å². The van der Waals surface area contributed by atoms with Crippen molar-refractivity contribution in [2.75, 3.05) is 0 Å². The fourth-order valence-corrected chi connectivity index (χ4v) is 6.78. The minimum Gasteiger partial charge on any atom is -0.292 e. The number of imidazole rings is 1. The molecule has 3 nitrogen and oxygen atoms in total. The first kappa shape index (κ1) is 27.0. The third kappa shape index (κ3) is 4.68. The highest BCUT2D eigenvalue weighted by molar-refractivity contribution is 6.17. The zero-order valence-electron chi connectivity index (χ0n) is 25.6. The molecule has 0 N–H and O–H groups in total. The predicted molar refractivity (Wildman–Crippen MR) is 196 cm³/mol. The zero-order chi connectivity index (χ0) is 31.2. The highest BCUT2D eigenvalue weighted by atomic mass is 15.1. The highest BCUT2D eigenvalue weighted by Crippen LogP contribution is 2.40. The number of benzene rings is 7. The molecule has 0 bridgehead atoms. The van der Waals surface area contributed by atoms with Gasteiger partial charge >= 0.3 is 0 Å². The number of fused-ring (bicyclic) bond motifs is 4.